The molecule has 3 aromatic rings. The first kappa shape index (κ1) is 14.4. The fourth-order valence-corrected chi connectivity index (χ4v) is 3.92. The number of carbonyl (C=O) groups is 1. The van der Waals surface area contributed by atoms with E-state index in [1.807, 2.05) is 27.8 Å². The van der Waals surface area contributed by atoms with Crippen molar-refractivity contribution in [2.24, 2.45) is 0 Å². The lowest BCUT2D eigenvalue weighted by molar-refractivity contribution is 0.0736. The number of thiazole rings is 1. The molecule has 4 rings (SSSR count). The molecule has 6 nitrogen and oxygen atoms in total. The van der Waals surface area contributed by atoms with Gasteiger partial charge in [0, 0.05) is 43.8 Å². The van der Waals surface area contributed by atoms with Crippen LogP contribution in [0.15, 0.2) is 39.7 Å². The van der Waals surface area contributed by atoms with E-state index < -0.39 is 0 Å². The van der Waals surface area contributed by atoms with Gasteiger partial charge in [0.2, 0.25) is 0 Å². The molecule has 0 atom stereocenters. The molecule has 1 saturated heterocycles. The van der Waals surface area contributed by atoms with Crippen molar-refractivity contribution in [3.05, 3.63) is 40.8 Å². The number of aromatic nitrogens is 2. The van der Waals surface area contributed by atoms with Crippen molar-refractivity contribution in [2.45, 2.75) is 0 Å². The molecule has 0 saturated carbocycles. The topological polar surface area (TPSA) is 62.5 Å². The molecule has 4 heterocycles. The van der Waals surface area contributed by atoms with Gasteiger partial charge in [-0.3, -0.25) is 4.79 Å². The molecule has 0 radical (unpaired) electrons. The maximum Gasteiger partial charge on any atom is 0.276 e. The predicted octanol–water partition coefficient (Wildman–Crippen LogP) is 2.82. The highest BCUT2D eigenvalue weighted by Gasteiger charge is 2.25. The minimum Gasteiger partial charge on any atom is -0.355 e. The molecule has 0 unspecified atom stereocenters. The van der Waals surface area contributed by atoms with E-state index in [0.29, 0.717) is 24.5 Å². The van der Waals surface area contributed by atoms with Crippen molar-refractivity contribution >= 4 is 33.7 Å². The monoisotopic (exact) mass is 346 g/mol. The van der Waals surface area contributed by atoms with Gasteiger partial charge in [0.1, 0.15) is 0 Å². The lowest BCUT2D eigenvalue weighted by Gasteiger charge is -2.34. The first-order valence-electron chi connectivity index (χ1n) is 7.25. The molecule has 23 heavy (non-hydrogen) atoms. The Bertz CT molecular complexity index is 774. The standard InChI is InChI=1S/C15H14N4O2S2/c20-14(11-10-12(21-17-11)13-2-1-8-22-13)18-4-6-19(7-5-18)15-16-3-9-23-15/h1-3,8-10H,4-7H2. The minimum atomic E-state index is -0.0738. The summed E-state index contributed by atoms with van der Waals surface area (Å²) >= 11 is 3.19. The molecule has 3 aromatic heterocycles. The number of rotatable bonds is 3. The second-order valence-corrected chi connectivity index (χ2v) is 6.97. The number of carbonyl (C=O) groups excluding carboxylic acids is 1. The molecule has 0 aliphatic carbocycles. The van der Waals surface area contributed by atoms with E-state index in [-0.39, 0.29) is 5.91 Å². The van der Waals surface area contributed by atoms with Crippen LogP contribution in [0.4, 0.5) is 5.13 Å². The van der Waals surface area contributed by atoms with E-state index in [1.54, 1.807) is 34.9 Å². The second-order valence-electron chi connectivity index (χ2n) is 5.15. The summed E-state index contributed by atoms with van der Waals surface area (Å²) in [6, 6.07) is 5.62. The number of hydrogen-bond acceptors (Lipinski definition) is 7. The van der Waals surface area contributed by atoms with E-state index in [2.05, 4.69) is 15.0 Å². The van der Waals surface area contributed by atoms with Crippen molar-refractivity contribution in [1.29, 1.82) is 0 Å². The van der Waals surface area contributed by atoms with Crippen LogP contribution in [0.1, 0.15) is 10.5 Å². The highest BCUT2D eigenvalue weighted by atomic mass is 32.1. The van der Waals surface area contributed by atoms with Gasteiger partial charge in [0.15, 0.2) is 16.6 Å². The number of thiophene rings is 1. The summed E-state index contributed by atoms with van der Waals surface area (Å²) < 4.78 is 5.30. The summed E-state index contributed by atoms with van der Waals surface area (Å²) in [7, 11) is 0. The van der Waals surface area contributed by atoms with Crippen LogP contribution in [0.3, 0.4) is 0 Å². The van der Waals surface area contributed by atoms with Crippen LogP contribution in [0.2, 0.25) is 0 Å². The fourth-order valence-electron chi connectivity index (χ4n) is 2.55. The number of anilines is 1. The number of amides is 1. The molecule has 8 heteroatoms. The molecule has 1 aliphatic heterocycles. The van der Waals surface area contributed by atoms with Crippen LogP contribution in [-0.4, -0.2) is 47.1 Å². The van der Waals surface area contributed by atoms with Crippen LogP contribution in [0.25, 0.3) is 10.6 Å². The van der Waals surface area contributed by atoms with Crippen LogP contribution in [0.5, 0.6) is 0 Å². The molecular weight excluding hydrogens is 332 g/mol. The largest absolute Gasteiger partial charge is 0.355 e. The highest BCUT2D eigenvalue weighted by molar-refractivity contribution is 7.13. The number of piperazine rings is 1. The average molecular weight is 346 g/mol. The van der Waals surface area contributed by atoms with Gasteiger partial charge in [0.05, 0.1) is 4.88 Å². The number of hydrogen-bond donors (Lipinski definition) is 0. The van der Waals surface area contributed by atoms with Crippen molar-refractivity contribution in [3.63, 3.8) is 0 Å². The molecule has 1 aliphatic rings. The maximum atomic E-state index is 12.6. The van der Waals surface area contributed by atoms with Gasteiger partial charge in [-0.2, -0.15) is 0 Å². The van der Waals surface area contributed by atoms with Gasteiger partial charge < -0.3 is 14.3 Å². The molecule has 0 spiro atoms. The van der Waals surface area contributed by atoms with E-state index in [1.165, 1.54) is 0 Å². The third-order valence-electron chi connectivity index (χ3n) is 3.75. The summed E-state index contributed by atoms with van der Waals surface area (Å²) in [6.07, 6.45) is 1.80. The normalized spacial score (nSPS) is 15.1. The van der Waals surface area contributed by atoms with Crippen LogP contribution < -0.4 is 4.90 Å². The summed E-state index contributed by atoms with van der Waals surface area (Å²) in [4.78, 5) is 21.9. The lowest BCUT2D eigenvalue weighted by Crippen LogP contribution is -2.48. The summed E-state index contributed by atoms with van der Waals surface area (Å²) in [6.45, 7) is 2.91. The molecule has 0 aromatic carbocycles. The van der Waals surface area contributed by atoms with Crippen LogP contribution in [-0.2, 0) is 0 Å². The first-order chi connectivity index (χ1) is 11.3. The van der Waals surface area contributed by atoms with Crippen LogP contribution in [0, 0.1) is 0 Å². The van der Waals surface area contributed by atoms with Crippen molar-refractivity contribution in [3.8, 4) is 10.6 Å². The maximum absolute atomic E-state index is 12.6. The highest BCUT2D eigenvalue weighted by Crippen LogP contribution is 2.26. The number of nitrogens with zero attached hydrogens (tertiary/aromatic N) is 4. The average Bonchev–Trinajstić information content (AvgIpc) is 3.36. The Labute approximate surface area is 141 Å². The summed E-state index contributed by atoms with van der Waals surface area (Å²) in [5, 5.41) is 8.88. The Morgan fingerprint density at radius 3 is 2.74 bits per heavy atom. The summed E-state index contributed by atoms with van der Waals surface area (Å²) in [5.74, 6) is 0.570. The smallest absolute Gasteiger partial charge is 0.276 e. The predicted molar refractivity (Wildman–Crippen MR) is 90.0 cm³/mol. The van der Waals surface area contributed by atoms with Gasteiger partial charge >= 0.3 is 0 Å². The molecule has 1 fully saturated rings. The lowest BCUT2D eigenvalue weighted by atomic mass is 10.2. The fraction of sp³-hybridized carbons (Fsp3) is 0.267. The van der Waals surface area contributed by atoms with E-state index in [9.17, 15) is 4.79 Å². The summed E-state index contributed by atoms with van der Waals surface area (Å²) in [5.41, 5.74) is 0.371. The zero-order valence-electron chi connectivity index (χ0n) is 12.2. The van der Waals surface area contributed by atoms with Gasteiger partial charge in [-0.1, -0.05) is 11.2 Å². The SMILES string of the molecule is O=C(c1cc(-c2cccs2)on1)N1CCN(c2nccs2)CC1. The molecule has 1 amide bonds. The zero-order valence-corrected chi connectivity index (χ0v) is 13.8. The quantitative estimate of drug-likeness (QED) is 0.730. The Hall–Kier alpha value is -2.19. The van der Waals surface area contributed by atoms with Gasteiger partial charge in [-0.05, 0) is 11.4 Å². The Balaban J connectivity index is 1.42. The van der Waals surface area contributed by atoms with E-state index >= 15 is 0 Å². The van der Waals surface area contributed by atoms with Crippen molar-refractivity contribution in [1.82, 2.24) is 15.0 Å². The van der Waals surface area contributed by atoms with Crippen LogP contribution >= 0.6 is 22.7 Å². The molecule has 118 valence electrons. The van der Waals surface area contributed by atoms with E-state index in [0.717, 1.165) is 23.1 Å². The second kappa shape index (κ2) is 6.13. The Morgan fingerprint density at radius 2 is 2.04 bits per heavy atom. The third kappa shape index (κ3) is 2.87. The molecule has 0 bridgehead atoms. The first-order valence-corrected chi connectivity index (χ1v) is 9.01. The van der Waals surface area contributed by atoms with Gasteiger partial charge in [-0.25, -0.2) is 4.98 Å². The zero-order chi connectivity index (χ0) is 15.6. The van der Waals surface area contributed by atoms with Gasteiger partial charge in [-0.15, -0.1) is 22.7 Å². The van der Waals surface area contributed by atoms with E-state index in [4.69, 9.17) is 4.52 Å². The van der Waals surface area contributed by atoms with Gasteiger partial charge in [0.25, 0.3) is 5.91 Å². The van der Waals surface area contributed by atoms with Crippen molar-refractivity contribution in [2.75, 3.05) is 31.1 Å². The molecule has 0 N–H and O–H groups in total. The Morgan fingerprint density at radius 1 is 1.17 bits per heavy atom. The third-order valence-corrected chi connectivity index (χ3v) is 5.47. The minimum absolute atomic E-state index is 0.0738. The van der Waals surface area contributed by atoms with Crippen molar-refractivity contribution < 1.29 is 9.32 Å². The molecular formula is C15H14N4O2S2. The Kier molecular flexibility index (Phi) is 3.84.